The van der Waals surface area contributed by atoms with Gasteiger partial charge in [0.1, 0.15) is 5.65 Å². The topological polar surface area (TPSA) is 59.8 Å². The second-order valence-corrected chi connectivity index (χ2v) is 6.11. The van der Waals surface area contributed by atoms with Gasteiger partial charge in [0.25, 0.3) is 5.56 Å². The van der Waals surface area contributed by atoms with Gasteiger partial charge >= 0.3 is 0 Å². The molecule has 0 amide bonds. The van der Waals surface area contributed by atoms with Gasteiger partial charge in [0.05, 0.1) is 10.2 Å². The molecule has 0 saturated heterocycles. The van der Waals surface area contributed by atoms with Gasteiger partial charge in [-0.3, -0.25) is 9.36 Å². The van der Waals surface area contributed by atoms with Crippen LogP contribution in [0.25, 0.3) is 11.0 Å². The van der Waals surface area contributed by atoms with Crippen molar-refractivity contribution in [3.63, 3.8) is 0 Å². The molecule has 0 atom stereocenters. The number of nitrogens with zero attached hydrogens (tertiary/aromatic N) is 3. The molecule has 0 aliphatic carbocycles. The maximum absolute atomic E-state index is 12.3. The van der Waals surface area contributed by atoms with Gasteiger partial charge in [0, 0.05) is 18.5 Å². The van der Waals surface area contributed by atoms with Crippen molar-refractivity contribution in [2.24, 2.45) is 0 Å². The van der Waals surface area contributed by atoms with Crippen LogP contribution in [0.5, 0.6) is 0 Å². The third-order valence-corrected chi connectivity index (χ3v) is 4.27. The Balaban J connectivity index is 2.03. The quantitative estimate of drug-likeness (QED) is 0.761. The van der Waals surface area contributed by atoms with Crippen molar-refractivity contribution >= 4 is 32.9 Å². The first-order chi connectivity index (χ1) is 11.1. The molecule has 0 spiro atoms. The molecule has 0 aliphatic rings. The van der Waals surface area contributed by atoms with Crippen LogP contribution in [0.2, 0.25) is 0 Å². The fourth-order valence-corrected chi connectivity index (χ4v) is 2.95. The van der Waals surface area contributed by atoms with E-state index in [1.165, 1.54) is 0 Å². The Hall–Kier alpha value is -2.21. The van der Waals surface area contributed by atoms with Gasteiger partial charge in [0.15, 0.2) is 0 Å². The molecule has 3 rings (SSSR count). The van der Waals surface area contributed by atoms with E-state index in [0.29, 0.717) is 29.2 Å². The summed E-state index contributed by atoms with van der Waals surface area (Å²) in [5, 5.41) is 4.11. The Kier molecular flexibility index (Phi) is 4.43. The molecule has 0 fully saturated rings. The zero-order valence-corrected chi connectivity index (χ0v) is 14.6. The number of hydrogen-bond acceptors (Lipinski definition) is 4. The predicted octanol–water partition coefficient (Wildman–Crippen LogP) is 3.49. The minimum atomic E-state index is -0.0768. The van der Waals surface area contributed by atoms with Crippen molar-refractivity contribution in [2.45, 2.75) is 26.9 Å². The second-order valence-electron chi connectivity index (χ2n) is 5.25. The lowest BCUT2D eigenvalue weighted by Crippen LogP contribution is -2.21. The van der Waals surface area contributed by atoms with Gasteiger partial charge in [0.2, 0.25) is 5.95 Å². The van der Waals surface area contributed by atoms with Crippen LogP contribution in [0.1, 0.15) is 18.2 Å². The third-order valence-electron chi connectivity index (χ3n) is 3.70. The molecule has 118 valence electrons. The highest BCUT2D eigenvalue weighted by atomic mass is 79.9. The molecule has 2 heterocycles. The average Bonchev–Trinajstić information content (AvgIpc) is 2.56. The lowest BCUT2D eigenvalue weighted by atomic mass is 10.2. The number of pyridine rings is 1. The molecule has 0 unspecified atom stereocenters. The monoisotopic (exact) mass is 372 g/mol. The fourth-order valence-electron chi connectivity index (χ4n) is 2.50. The smallest absolute Gasteiger partial charge is 0.266 e. The highest BCUT2D eigenvalue weighted by molar-refractivity contribution is 9.10. The zero-order chi connectivity index (χ0) is 16.4. The zero-order valence-electron chi connectivity index (χ0n) is 13.0. The molecular weight excluding hydrogens is 356 g/mol. The lowest BCUT2D eigenvalue weighted by Gasteiger charge is -2.12. The summed E-state index contributed by atoms with van der Waals surface area (Å²) >= 11 is 3.32. The van der Waals surface area contributed by atoms with Gasteiger partial charge < -0.3 is 5.32 Å². The van der Waals surface area contributed by atoms with Crippen LogP contribution in [-0.4, -0.2) is 14.5 Å². The van der Waals surface area contributed by atoms with Crippen molar-refractivity contribution in [3.8, 4) is 0 Å². The van der Waals surface area contributed by atoms with Gasteiger partial charge in [-0.2, -0.15) is 4.98 Å². The van der Waals surface area contributed by atoms with Crippen molar-refractivity contribution in [2.75, 3.05) is 5.32 Å². The van der Waals surface area contributed by atoms with E-state index in [0.717, 1.165) is 16.6 Å². The van der Waals surface area contributed by atoms with Crippen LogP contribution in [-0.2, 0) is 13.1 Å². The number of nitrogens with one attached hydrogen (secondary N) is 1. The molecule has 5 nitrogen and oxygen atoms in total. The summed E-state index contributed by atoms with van der Waals surface area (Å²) in [6.45, 7) is 5.05. The van der Waals surface area contributed by atoms with E-state index in [2.05, 4.69) is 31.2 Å². The standard InChI is InChI=1S/C17H17BrN4O/c1-3-22-15-13(9-14(18)16(22)23)11(2)20-17(21-15)19-10-12-7-5-4-6-8-12/h4-9H,3,10H2,1-2H3,(H,19,20,21). The highest BCUT2D eigenvalue weighted by Gasteiger charge is 2.12. The molecule has 0 radical (unpaired) electrons. The Morgan fingerprint density at radius 3 is 2.65 bits per heavy atom. The molecule has 23 heavy (non-hydrogen) atoms. The maximum atomic E-state index is 12.3. The molecule has 0 aliphatic heterocycles. The van der Waals surface area contributed by atoms with E-state index < -0.39 is 0 Å². The van der Waals surface area contributed by atoms with Crippen LogP contribution in [0.3, 0.4) is 0 Å². The Morgan fingerprint density at radius 1 is 1.22 bits per heavy atom. The van der Waals surface area contributed by atoms with Crippen LogP contribution in [0, 0.1) is 6.92 Å². The number of aromatic nitrogens is 3. The van der Waals surface area contributed by atoms with Gasteiger partial charge in [-0.25, -0.2) is 4.98 Å². The molecule has 3 aromatic rings. The van der Waals surface area contributed by atoms with Crippen LogP contribution in [0.15, 0.2) is 45.7 Å². The number of hydrogen-bond donors (Lipinski definition) is 1. The Bertz CT molecular complexity index is 906. The van der Waals surface area contributed by atoms with E-state index in [1.54, 1.807) is 10.6 Å². The lowest BCUT2D eigenvalue weighted by molar-refractivity contribution is 0.744. The van der Waals surface area contributed by atoms with E-state index in [4.69, 9.17) is 0 Å². The molecule has 0 bridgehead atoms. The number of fused-ring (bicyclic) bond motifs is 1. The highest BCUT2D eigenvalue weighted by Crippen LogP contribution is 2.19. The number of benzene rings is 1. The first kappa shape index (κ1) is 15.7. The fraction of sp³-hybridized carbons (Fsp3) is 0.235. The van der Waals surface area contributed by atoms with Crippen molar-refractivity contribution in [1.82, 2.24) is 14.5 Å². The number of halogens is 1. The van der Waals surface area contributed by atoms with Crippen molar-refractivity contribution < 1.29 is 0 Å². The van der Waals surface area contributed by atoms with Crippen LogP contribution in [0.4, 0.5) is 5.95 Å². The van der Waals surface area contributed by atoms with Gasteiger partial charge in [-0.05, 0) is 41.4 Å². The van der Waals surface area contributed by atoms with Crippen molar-refractivity contribution in [3.05, 3.63) is 62.5 Å². The summed E-state index contributed by atoms with van der Waals surface area (Å²) in [6, 6.07) is 11.9. The maximum Gasteiger partial charge on any atom is 0.266 e. The summed E-state index contributed by atoms with van der Waals surface area (Å²) in [7, 11) is 0. The van der Waals surface area contributed by atoms with Crippen molar-refractivity contribution in [1.29, 1.82) is 0 Å². The van der Waals surface area contributed by atoms with Crippen LogP contribution < -0.4 is 10.9 Å². The van der Waals surface area contributed by atoms with E-state index in [9.17, 15) is 4.79 Å². The predicted molar refractivity (Wildman–Crippen MR) is 95.7 cm³/mol. The number of rotatable bonds is 4. The number of aryl methyl sites for hydroxylation is 2. The first-order valence-corrected chi connectivity index (χ1v) is 8.25. The summed E-state index contributed by atoms with van der Waals surface area (Å²) in [5.74, 6) is 0.530. The molecule has 1 N–H and O–H groups in total. The van der Waals surface area contributed by atoms with Crippen LogP contribution >= 0.6 is 15.9 Å². The van der Waals surface area contributed by atoms with E-state index in [1.807, 2.05) is 44.2 Å². The number of anilines is 1. The third kappa shape index (κ3) is 3.12. The first-order valence-electron chi connectivity index (χ1n) is 7.45. The van der Waals surface area contributed by atoms with Gasteiger partial charge in [-0.15, -0.1) is 0 Å². The second kappa shape index (κ2) is 6.50. The SMILES string of the molecule is CCn1c(=O)c(Br)cc2c(C)nc(NCc3ccccc3)nc21. The summed E-state index contributed by atoms with van der Waals surface area (Å²) in [4.78, 5) is 21.3. The Labute approximate surface area is 142 Å². The molecule has 0 saturated carbocycles. The molecule has 6 heteroatoms. The van der Waals surface area contributed by atoms with E-state index >= 15 is 0 Å². The summed E-state index contributed by atoms with van der Waals surface area (Å²) in [6.07, 6.45) is 0. The average molecular weight is 373 g/mol. The summed E-state index contributed by atoms with van der Waals surface area (Å²) in [5.41, 5.74) is 2.57. The summed E-state index contributed by atoms with van der Waals surface area (Å²) < 4.78 is 2.19. The molecule has 1 aromatic carbocycles. The largest absolute Gasteiger partial charge is 0.350 e. The minimum Gasteiger partial charge on any atom is -0.350 e. The normalized spacial score (nSPS) is 10.9. The van der Waals surface area contributed by atoms with Gasteiger partial charge in [-0.1, -0.05) is 30.3 Å². The molecule has 2 aromatic heterocycles. The minimum absolute atomic E-state index is 0.0768. The molecular formula is C17H17BrN4O. The Morgan fingerprint density at radius 2 is 1.96 bits per heavy atom. The van der Waals surface area contributed by atoms with E-state index in [-0.39, 0.29) is 5.56 Å².